The summed E-state index contributed by atoms with van der Waals surface area (Å²) in [6.07, 6.45) is 0. The summed E-state index contributed by atoms with van der Waals surface area (Å²) >= 11 is 3.35. The fourth-order valence-corrected chi connectivity index (χ4v) is 2.66. The number of fused-ring (bicyclic) bond motifs is 1. The first kappa shape index (κ1) is 18.0. The van der Waals surface area contributed by atoms with Crippen LogP contribution in [0.15, 0.2) is 33.2 Å². The molecule has 2 rings (SSSR count). The predicted molar refractivity (Wildman–Crippen MR) is 91.2 cm³/mol. The van der Waals surface area contributed by atoms with Crippen molar-refractivity contribution in [1.29, 1.82) is 5.26 Å². The lowest BCUT2D eigenvalue weighted by molar-refractivity contribution is -0.134. The van der Waals surface area contributed by atoms with Gasteiger partial charge >= 0.3 is 5.97 Å². The van der Waals surface area contributed by atoms with Crippen LogP contribution in [0.1, 0.15) is 24.4 Å². The molecule has 1 atom stereocenters. The number of carbonyl (C=O) groups is 2. The molecular formula is C17H17BrN2O4. The van der Waals surface area contributed by atoms with E-state index in [-0.39, 0.29) is 24.2 Å². The maximum atomic E-state index is 12.1. The minimum Gasteiger partial charge on any atom is -0.450 e. The number of halogens is 1. The number of hydrogen-bond donors (Lipinski definition) is 0. The number of furan rings is 1. The minimum absolute atomic E-state index is 0.0399. The van der Waals surface area contributed by atoms with Crippen LogP contribution < -0.4 is 0 Å². The van der Waals surface area contributed by atoms with Crippen molar-refractivity contribution >= 4 is 38.8 Å². The zero-order valence-electron chi connectivity index (χ0n) is 13.4. The number of nitrogens with zero attached hydrogens (tertiary/aromatic N) is 2. The summed E-state index contributed by atoms with van der Waals surface area (Å²) in [6.45, 7) is 3.90. The molecule has 0 aliphatic heterocycles. The highest BCUT2D eigenvalue weighted by molar-refractivity contribution is 9.10. The first-order valence-electron chi connectivity index (χ1n) is 7.48. The SMILES string of the molecule is CCN(CC(C)C#N)C(=O)COC(=O)c1cc2cccc(Br)c2o1. The Morgan fingerprint density at radius 1 is 1.46 bits per heavy atom. The number of likely N-dealkylation sites (N-methyl/N-ethyl adjacent to an activating group) is 1. The van der Waals surface area contributed by atoms with Crippen molar-refractivity contribution < 1.29 is 18.7 Å². The van der Waals surface area contributed by atoms with Gasteiger partial charge in [0.15, 0.2) is 6.61 Å². The monoisotopic (exact) mass is 392 g/mol. The lowest BCUT2D eigenvalue weighted by Gasteiger charge is -2.21. The third-order valence-corrected chi connectivity index (χ3v) is 4.10. The lowest BCUT2D eigenvalue weighted by atomic mass is 10.2. The van der Waals surface area contributed by atoms with E-state index in [4.69, 9.17) is 14.4 Å². The normalized spacial score (nSPS) is 11.8. The number of nitriles is 1. The Balaban J connectivity index is 2.00. The number of benzene rings is 1. The van der Waals surface area contributed by atoms with E-state index in [0.717, 1.165) is 9.86 Å². The summed E-state index contributed by atoms with van der Waals surface area (Å²) < 4.78 is 11.2. The van der Waals surface area contributed by atoms with Gasteiger partial charge in [0.1, 0.15) is 5.58 Å². The molecule has 1 aromatic heterocycles. The molecule has 1 heterocycles. The van der Waals surface area contributed by atoms with E-state index in [1.54, 1.807) is 26.0 Å². The summed E-state index contributed by atoms with van der Waals surface area (Å²) in [6, 6.07) is 9.09. The van der Waals surface area contributed by atoms with Crippen LogP contribution in [0.3, 0.4) is 0 Å². The molecule has 126 valence electrons. The van der Waals surface area contributed by atoms with E-state index >= 15 is 0 Å². The molecule has 2 aromatic rings. The molecule has 1 amide bonds. The van der Waals surface area contributed by atoms with Crippen molar-refractivity contribution in [3.63, 3.8) is 0 Å². The number of rotatable bonds is 6. The van der Waals surface area contributed by atoms with Crippen LogP contribution in [-0.2, 0) is 9.53 Å². The van der Waals surface area contributed by atoms with Crippen LogP contribution >= 0.6 is 15.9 Å². The van der Waals surface area contributed by atoms with Gasteiger partial charge < -0.3 is 14.1 Å². The highest BCUT2D eigenvalue weighted by atomic mass is 79.9. The Kier molecular flexibility index (Phi) is 5.99. The maximum Gasteiger partial charge on any atom is 0.374 e. The van der Waals surface area contributed by atoms with Crippen molar-refractivity contribution in [3.8, 4) is 6.07 Å². The number of carbonyl (C=O) groups excluding carboxylic acids is 2. The second kappa shape index (κ2) is 7.97. The Bertz CT molecular complexity index is 793. The molecule has 24 heavy (non-hydrogen) atoms. The van der Waals surface area contributed by atoms with Crippen molar-refractivity contribution in [3.05, 3.63) is 34.5 Å². The smallest absolute Gasteiger partial charge is 0.374 e. The summed E-state index contributed by atoms with van der Waals surface area (Å²) in [4.78, 5) is 25.6. The van der Waals surface area contributed by atoms with Gasteiger partial charge in [0, 0.05) is 18.5 Å². The summed E-state index contributed by atoms with van der Waals surface area (Å²) in [5.74, 6) is -1.28. The largest absolute Gasteiger partial charge is 0.450 e. The number of hydrogen-bond acceptors (Lipinski definition) is 5. The highest BCUT2D eigenvalue weighted by Crippen LogP contribution is 2.27. The van der Waals surface area contributed by atoms with Gasteiger partial charge in [0.2, 0.25) is 5.76 Å². The van der Waals surface area contributed by atoms with Crippen LogP contribution in [0.4, 0.5) is 0 Å². The quantitative estimate of drug-likeness (QED) is 0.703. The van der Waals surface area contributed by atoms with Gasteiger partial charge in [-0.2, -0.15) is 5.26 Å². The zero-order valence-corrected chi connectivity index (χ0v) is 15.0. The molecule has 0 spiro atoms. The molecule has 1 unspecified atom stereocenters. The number of para-hydroxylation sites is 1. The zero-order chi connectivity index (χ0) is 17.7. The van der Waals surface area contributed by atoms with Crippen LogP contribution in [0.5, 0.6) is 0 Å². The maximum absolute atomic E-state index is 12.1. The fourth-order valence-electron chi connectivity index (χ4n) is 2.20. The van der Waals surface area contributed by atoms with Gasteiger partial charge in [-0.1, -0.05) is 12.1 Å². The van der Waals surface area contributed by atoms with Gasteiger partial charge in [-0.05, 0) is 41.9 Å². The first-order chi connectivity index (χ1) is 11.5. The Morgan fingerprint density at radius 2 is 2.21 bits per heavy atom. The summed E-state index contributed by atoms with van der Waals surface area (Å²) in [7, 11) is 0. The van der Waals surface area contributed by atoms with E-state index in [0.29, 0.717) is 18.7 Å². The van der Waals surface area contributed by atoms with Crippen LogP contribution in [0.2, 0.25) is 0 Å². The highest BCUT2D eigenvalue weighted by Gasteiger charge is 2.19. The lowest BCUT2D eigenvalue weighted by Crippen LogP contribution is -2.37. The van der Waals surface area contributed by atoms with E-state index in [2.05, 4.69) is 22.0 Å². The van der Waals surface area contributed by atoms with E-state index in [1.165, 1.54) is 4.90 Å². The van der Waals surface area contributed by atoms with Gasteiger partial charge in [-0.25, -0.2) is 4.79 Å². The minimum atomic E-state index is -0.698. The molecule has 0 N–H and O–H groups in total. The number of esters is 1. The Morgan fingerprint density at radius 3 is 2.83 bits per heavy atom. The molecular weight excluding hydrogens is 376 g/mol. The molecule has 0 saturated heterocycles. The van der Waals surface area contributed by atoms with Crippen LogP contribution in [0, 0.1) is 17.2 Å². The molecule has 6 nitrogen and oxygen atoms in total. The number of amides is 1. The van der Waals surface area contributed by atoms with E-state index < -0.39 is 5.97 Å². The topological polar surface area (TPSA) is 83.5 Å². The Labute approximate surface area is 148 Å². The van der Waals surface area contributed by atoms with E-state index in [1.807, 2.05) is 12.1 Å². The standard InChI is InChI=1S/C17H17BrN2O4/c1-3-20(9-11(2)8-19)15(21)10-23-17(22)14-7-12-5-4-6-13(18)16(12)24-14/h4-7,11H,3,9-10H2,1-2H3. The Hall–Kier alpha value is -2.33. The van der Waals surface area contributed by atoms with Crippen molar-refractivity contribution in [2.24, 2.45) is 5.92 Å². The van der Waals surface area contributed by atoms with Crippen molar-refractivity contribution in [2.75, 3.05) is 19.7 Å². The third-order valence-electron chi connectivity index (χ3n) is 3.47. The van der Waals surface area contributed by atoms with Crippen molar-refractivity contribution in [1.82, 2.24) is 4.90 Å². The molecule has 7 heteroatoms. The van der Waals surface area contributed by atoms with Gasteiger partial charge in [-0.15, -0.1) is 0 Å². The molecule has 0 aliphatic rings. The average molecular weight is 393 g/mol. The number of ether oxygens (including phenoxy) is 1. The molecule has 0 bridgehead atoms. The van der Waals surface area contributed by atoms with Crippen LogP contribution in [0.25, 0.3) is 11.0 Å². The third kappa shape index (κ3) is 4.15. The van der Waals surface area contributed by atoms with Gasteiger partial charge in [0.25, 0.3) is 5.91 Å². The average Bonchev–Trinajstić information content (AvgIpc) is 3.02. The molecule has 0 fully saturated rings. The second-order valence-electron chi connectivity index (χ2n) is 5.31. The van der Waals surface area contributed by atoms with Gasteiger partial charge in [0.05, 0.1) is 16.5 Å². The summed E-state index contributed by atoms with van der Waals surface area (Å²) in [5, 5.41) is 9.59. The first-order valence-corrected chi connectivity index (χ1v) is 8.28. The molecule has 1 aromatic carbocycles. The fraction of sp³-hybridized carbons (Fsp3) is 0.353. The predicted octanol–water partition coefficient (Wildman–Crippen LogP) is 3.36. The van der Waals surface area contributed by atoms with Gasteiger partial charge in [-0.3, -0.25) is 4.79 Å². The molecule has 0 saturated carbocycles. The van der Waals surface area contributed by atoms with E-state index in [9.17, 15) is 9.59 Å². The summed E-state index contributed by atoms with van der Waals surface area (Å²) in [5.41, 5.74) is 0.550. The van der Waals surface area contributed by atoms with Crippen molar-refractivity contribution in [2.45, 2.75) is 13.8 Å². The van der Waals surface area contributed by atoms with Crippen LogP contribution in [-0.4, -0.2) is 36.5 Å². The molecule has 0 radical (unpaired) electrons. The molecule has 0 aliphatic carbocycles. The second-order valence-corrected chi connectivity index (χ2v) is 6.16.